The molecule has 18 heavy (non-hydrogen) atoms. The molecule has 0 aliphatic heterocycles. The van der Waals surface area contributed by atoms with Crippen LogP contribution < -0.4 is 10.1 Å². The molecule has 0 aliphatic rings. The van der Waals surface area contributed by atoms with Crippen LogP contribution in [0, 0.1) is 0 Å². The summed E-state index contributed by atoms with van der Waals surface area (Å²) in [4.78, 5) is 5.48. The van der Waals surface area contributed by atoms with Gasteiger partial charge >= 0.3 is 0 Å². The Morgan fingerprint density at radius 1 is 1.17 bits per heavy atom. The second kappa shape index (κ2) is 6.31. The van der Waals surface area contributed by atoms with E-state index in [0.717, 1.165) is 17.1 Å². The van der Waals surface area contributed by atoms with Gasteiger partial charge in [0.1, 0.15) is 18.2 Å². The molecule has 0 unspecified atom stereocenters. The Bertz CT molecular complexity index is 435. The van der Waals surface area contributed by atoms with Gasteiger partial charge in [-0.3, -0.25) is 0 Å². The van der Waals surface area contributed by atoms with Gasteiger partial charge in [-0.25, -0.2) is 4.98 Å². The van der Waals surface area contributed by atoms with Gasteiger partial charge in [-0.15, -0.1) is 11.8 Å². The zero-order valence-electron chi connectivity index (χ0n) is 10.5. The van der Waals surface area contributed by atoms with Crippen LogP contribution in [0.15, 0.2) is 47.5 Å². The van der Waals surface area contributed by atoms with E-state index in [9.17, 15) is 0 Å². The van der Waals surface area contributed by atoms with Gasteiger partial charge in [0.15, 0.2) is 0 Å². The number of pyridine rings is 1. The van der Waals surface area contributed by atoms with Crippen molar-refractivity contribution < 1.29 is 4.74 Å². The minimum atomic E-state index is 0.537. The van der Waals surface area contributed by atoms with E-state index in [-0.39, 0.29) is 0 Å². The zero-order valence-corrected chi connectivity index (χ0v) is 11.3. The second-order valence-corrected chi connectivity index (χ2v) is 4.65. The summed E-state index contributed by atoms with van der Waals surface area (Å²) >= 11 is 1.72. The van der Waals surface area contributed by atoms with Crippen molar-refractivity contribution in [1.82, 2.24) is 4.98 Å². The number of nitrogens with zero attached hydrogens (tertiary/aromatic N) is 1. The average Bonchev–Trinajstić information content (AvgIpc) is 2.46. The first kappa shape index (κ1) is 12.8. The number of rotatable bonds is 5. The Hall–Kier alpha value is -1.68. The predicted octanol–water partition coefficient (Wildman–Crippen LogP) is 3.42. The topological polar surface area (TPSA) is 34.1 Å². The number of hydrogen-bond acceptors (Lipinski definition) is 4. The summed E-state index contributed by atoms with van der Waals surface area (Å²) in [5.41, 5.74) is 1.06. The lowest BCUT2D eigenvalue weighted by atomic mass is 10.3. The summed E-state index contributed by atoms with van der Waals surface area (Å²) in [5.74, 6) is 1.74. The lowest BCUT2D eigenvalue weighted by molar-refractivity contribution is 0.305. The van der Waals surface area contributed by atoms with Gasteiger partial charge < -0.3 is 10.1 Å². The summed E-state index contributed by atoms with van der Waals surface area (Å²) in [5, 5.41) is 2.99. The molecule has 0 spiro atoms. The van der Waals surface area contributed by atoms with Gasteiger partial charge in [-0.2, -0.15) is 0 Å². The van der Waals surface area contributed by atoms with E-state index < -0.39 is 0 Å². The highest BCUT2D eigenvalue weighted by Gasteiger charge is 1.97. The van der Waals surface area contributed by atoms with Gasteiger partial charge in [0.25, 0.3) is 0 Å². The molecule has 0 saturated heterocycles. The molecule has 0 fully saturated rings. The molecule has 2 rings (SSSR count). The molecule has 0 radical (unpaired) electrons. The summed E-state index contributed by atoms with van der Waals surface area (Å²) < 4.78 is 5.70. The van der Waals surface area contributed by atoms with Crippen LogP contribution in [0.5, 0.6) is 5.75 Å². The largest absolute Gasteiger partial charge is 0.489 e. The van der Waals surface area contributed by atoms with Crippen molar-refractivity contribution in [2.75, 3.05) is 18.6 Å². The van der Waals surface area contributed by atoms with Crippen LogP contribution >= 0.6 is 11.8 Å². The van der Waals surface area contributed by atoms with Gasteiger partial charge in [0, 0.05) is 23.7 Å². The van der Waals surface area contributed by atoms with Crippen molar-refractivity contribution in [2.24, 2.45) is 0 Å². The molecule has 0 aliphatic carbocycles. The zero-order chi connectivity index (χ0) is 12.8. The first-order valence-electron chi connectivity index (χ1n) is 5.71. The third-order valence-corrected chi connectivity index (χ3v) is 3.29. The number of anilines is 1. The van der Waals surface area contributed by atoms with Crippen molar-refractivity contribution in [1.29, 1.82) is 0 Å². The molecule has 0 bridgehead atoms. The van der Waals surface area contributed by atoms with Crippen molar-refractivity contribution in [2.45, 2.75) is 11.5 Å². The van der Waals surface area contributed by atoms with Crippen LogP contribution in [0.25, 0.3) is 0 Å². The Balaban J connectivity index is 1.93. The quantitative estimate of drug-likeness (QED) is 0.835. The Kier molecular flexibility index (Phi) is 4.47. The maximum absolute atomic E-state index is 5.70. The summed E-state index contributed by atoms with van der Waals surface area (Å²) in [6.07, 6.45) is 3.88. The molecule has 94 valence electrons. The molecule has 1 aromatic heterocycles. The van der Waals surface area contributed by atoms with Crippen molar-refractivity contribution in [3.63, 3.8) is 0 Å². The molecule has 1 heterocycles. The van der Waals surface area contributed by atoms with E-state index in [1.807, 2.05) is 37.5 Å². The van der Waals surface area contributed by atoms with Crippen LogP contribution in [0.1, 0.15) is 5.56 Å². The molecular weight excluding hydrogens is 244 g/mol. The number of aromatic nitrogens is 1. The van der Waals surface area contributed by atoms with E-state index in [4.69, 9.17) is 4.74 Å². The summed E-state index contributed by atoms with van der Waals surface area (Å²) in [7, 11) is 1.85. The number of nitrogens with one attached hydrogen (secondary N) is 1. The minimum Gasteiger partial charge on any atom is -0.489 e. The molecular formula is C14H16N2OS. The Morgan fingerprint density at radius 2 is 1.94 bits per heavy atom. The Labute approximate surface area is 112 Å². The standard InChI is InChI=1S/C14H16N2OS/c1-15-14-8-3-11(9-16-14)10-17-12-4-6-13(18-2)7-5-12/h3-9H,10H2,1-2H3,(H,15,16). The highest BCUT2D eigenvalue weighted by Crippen LogP contribution is 2.19. The molecule has 0 atom stereocenters. The van der Waals surface area contributed by atoms with Crippen molar-refractivity contribution >= 4 is 17.6 Å². The smallest absolute Gasteiger partial charge is 0.125 e. The van der Waals surface area contributed by atoms with E-state index in [1.54, 1.807) is 11.8 Å². The predicted molar refractivity (Wildman–Crippen MR) is 76.3 cm³/mol. The van der Waals surface area contributed by atoms with E-state index in [1.165, 1.54) is 4.90 Å². The molecule has 2 aromatic rings. The van der Waals surface area contributed by atoms with E-state index in [2.05, 4.69) is 28.7 Å². The van der Waals surface area contributed by atoms with Crippen LogP contribution in [-0.2, 0) is 6.61 Å². The van der Waals surface area contributed by atoms with Crippen LogP contribution in [0.3, 0.4) is 0 Å². The number of benzene rings is 1. The fraction of sp³-hybridized carbons (Fsp3) is 0.214. The van der Waals surface area contributed by atoms with Gasteiger partial charge in [-0.1, -0.05) is 6.07 Å². The first-order chi connectivity index (χ1) is 8.81. The first-order valence-corrected chi connectivity index (χ1v) is 6.94. The Morgan fingerprint density at radius 3 is 2.50 bits per heavy atom. The van der Waals surface area contributed by atoms with Crippen LogP contribution in [-0.4, -0.2) is 18.3 Å². The third kappa shape index (κ3) is 3.40. The molecule has 1 N–H and O–H groups in total. The van der Waals surface area contributed by atoms with Gasteiger partial charge in [-0.05, 0) is 36.6 Å². The lowest BCUT2D eigenvalue weighted by Crippen LogP contribution is -1.97. The van der Waals surface area contributed by atoms with Crippen LogP contribution in [0.4, 0.5) is 5.82 Å². The summed E-state index contributed by atoms with van der Waals surface area (Å²) in [6.45, 7) is 0.537. The van der Waals surface area contributed by atoms with Crippen molar-refractivity contribution in [3.05, 3.63) is 48.2 Å². The monoisotopic (exact) mass is 260 g/mol. The average molecular weight is 260 g/mol. The molecule has 3 nitrogen and oxygen atoms in total. The SMILES string of the molecule is CNc1ccc(COc2ccc(SC)cc2)cn1. The van der Waals surface area contributed by atoms with Gasteiger partial charge in [0.05, 0.1) is 0 Å². The third-order valence-electron chi connectivity index (χ3n) is 2.55. The number of hydrogen-bond donors (Lipinski definition) is 1. The van der Waals surface area contributed by atoms with E-state index >= 15 is 0 Å². The normalized spacial score (nSPS) is 10.1. The number of ether oxygens (including phenoxy) is 1. The maximum Gasteiger partial charge on any atom is 0.125 e. The fourth-order valence-corrected chi connectivity index (χ4v) is 1.90. The molecule has 0 amide bonds. The van der Waals surface area contributed by atoms with Crippen molar-refractivity contribution in [3.8, 4) is 5.75 Å². The molecule has 0 saturated carbocycles. The summed E-state index contributed by atoms with van der Waals surface area (Å²) in [6, 6.07) is 12.0. The number of thioether (sulfide) groups is 1. The molecule has 1 aromatic carbocycles. The maximum atomic E-state index is 5.70. The minimum absolute atomic E-state index is 0.537. The van der Waals surface area contributed by atoms with Gasteiger partial charge in [0.2, 0.25) is 0 Å². The fourth-order valence-electron chi connectivity index (χ4n) is 1.50. The van der Waals surface area contributed by atoms with E-state index in [0.29, 0.717) is 6.61 Å². The molecule has 4 heteroatoms. The van der Waals surface area contributed by atoms with Crippen LogP contribution in [0.2, 0.25) is 0 Å². The lowest BCUT2D eigenvalue weighted by Gasteiger charge is -2.07. The highest BCUT2D eigenvalue weighted by atomic mass is 32.2. The second-order valence-electron chi connectivity index (χ2n) is 3.77. The highest BCUT2D eigenvalue weighted by molar-refractivity contribution is 7.98.